The van der Waals surface area contributed by atoms with Crippen molar-refractivity contribution >= 4 is 5.82 Å². The van der Waals surface area contributed by atoms with Gasteiger partial charge in [0, 0.05) is 18.2 Å². The number of aliphatic hydroxyl groups excluding tert-OH is 1. The fourth-order valence-corrected chi connectivity index (χ4v) is 2.49. The van der Waals surface area contributed by atoms with Crippen LogP contribution >= 0.6 is 0 Å². The predicted molar refractivity (Wildman–Crippen MR) is 96.7 cm³/mol. The number of nitriles is 1. The summed E-state index contributed by atoms with van der Waals surface area (Å²) in [7, 11) is 0. The fourth-order valence-electron chi connectivity index (χ4n) is 2.49. The van der Waals surface area contributed by atoms with Crippen molar-refractivity contribution < 1.29 is 5.11 Å². The van der Waals surface area contributed by atoms with E-state index in [1.807, 2.05) is 60.7 Å². The van der Waals surface area contributed by atoms with E-state index >= 15 is 0 Å². The van der Waals surface area contributed by atoms with Crippen LogP contribution in [0.3, 0.4) is 0 Å². The highest BCUT2D eigenvalue weighted by molar-refractivity contribution is 5.62. The third-order valence-electron chi connectivity index (χ3n) is 3.86. The molecule has 0 amide bonds. The Hall–Kier alpha value is -3.23. The van der Waals surface area contributed by atoms with Crippen LogP contribution in [0.2, 0.25) is 0 Å². The number of nitrogens with zero attached hydrogens (tertiary/aromatic N) is 3. The van der Waals surface area contributed by atoms with Crippen LogP contribution in [0.5, 0.6) is 0 Å². The standard InChI is InChI=1S/C20H18N4O/c21-11-10-15-6-8-16(9-7-15)18-12-20(24-14-23-18)22-13-19(25)17-4-2-1-3-5-17/h1-9,12,14,19,25H,10,13H2,(H,22,23,24)/t19-/m0/s1. The van der Waals surface area contributed by atoms with Gasteiger partial charge in [-0.1, -0.05) is 54.6 Å². The van der Waals surface area contributed by atoms with Gasteiger partial charge >= 0.3 is 0 Å². The molecule has 0 radical (unpaired) electrons. The molecule has 1 aromatic heterocycles. The van der Waals surface area contributed by atoms with E-state index in [9.17, 15) is 5.11 Å². The van der Waals surface area contributed by atoms with Gasteiger partial charge in [0.05, 0.1) is 24.3 Å². The van der Waals surface area contributed by atoms with Crippen LogP contribution in [0, 0.1) is 11.3 Å². The lowest BCUT2D eigenvalue weighted by Crippen LogP contribution is -2.13. The third kappa shape index (κ3) is 4.40. The van der Waals surface area contributed by atoms with Crippen LogP contribution in [0.1, 0.15) is 17.2 Å². The second kappa shape index (κ2) is 8.04. The number of rotatable bonds is 6. The molecule has 0 spiro atoms. The first kappa shape index (κ1) is 16.6. The van der Waals surface area contributed by atoms with Gasteiger partial charge in [-0.3, -0.25) is 0 Å². The Labute approximate surface area is 146 Å². The summed E-state index contributed by atoms with van der Waals surface area (Å²) in [5.41, 5.74) is 3.58. The highest BCUT2D eigenvalue weighted by Crippen LogP contribution is 2.20. The molecule has 3 rings (SSSR count). The Balaban J connectivity index is 1.68. The van der Waals surface area contributed by atoms with Crippen LogP contribution in [-0.2, 0) is 6.42 Å². The van der Waals surface area contributed by atoms with E-state index in [1.54, 1.807) is 0 Å². The van der Waals surface area contributed by atoms with E-state index in [1.165, 1.54) is 6.33 Å². The molecule has 0 aliphatic carbocycles. The second-order valence-corrected chi connectivity index (χ2v) is 5.63. The maximum Gasteiger partial charge on any atom is 0.130 e. The summed E-state index contributed by atoms with van der Waals surface area (Å²) in [6, 6.07) is 21.2. The van der Waals surface area contributed by atoms with Gasteiger partial charge in [0.15, 0.2) is 0 Å². The Bertz CT molecular complexity index is 857. The van der Waals surface area contributed by atoms with Gasteiger partial charge < -0.3 is 10.4 Å². The fraction of sp³-hybridized carbons (Fsp3) is 0.150. The van der Waals surface area contributed by atoms with E-state index in [0.29, 0.717) is 18.8 Å². The molecule has 25 heavy (non-hydrogen) atoms. The van der Waals surface area contributed by atoms with E-state index in [0.717, 1.165) is 22.4 Å². The molecule has 2 aromatic carbocycles. The number of hydrogen-bond acceptors (Lipinski definition) is 5. The molecule has 3 aromatic rings. The highest BCUT2D eigenvalue weighted by Gasteiger charge is 2.08. The SMILES string of the molecule is N#CCc1ccc(-c2cc(NC[C@H](O)c3ccccc3)ncn2)cc1. The normalized spacial score (nSPS) is 11.5. The van der Waals surface area contributed by atoms with Crippen LogP contribution in [0.15, 0.2) is 67.0 Å². The monoisotopic (exact) mass is 330 g/mol. The Morgan fingerprint density at radius 2 is 1.80 bits per heavy atom. The van der Waals surface area contributed by atoms with Gasteiger partial charge in [0.25, 0.3) is 0 Å². The van der Waals surface area contributed by atoms with Crippen LogP contribution in [0.25, 0.3) is 11.3 Å². The Morgan fingerprint density at radius 3 is 2.52 bits per heavy atom. The van der Waals surface area contributed by atoms with Crippen molar-refractivity contribution in [1.29, 1.82) is 5.26 Å². The summed E-state index contributed by atoms with van der Waals surface area (Å²) in [5, 5.41) is 22.1. The molecular weight excluding hydrogens is 312 g/mol. The first-order chi connectivity index (χ1) is 12.3. The van der Waals surface area contributed by atoms with Crippen molar-refractivity contribution in [3.63, 3.8) is 0 Å². The molecule has 2 N–H and O–H groups in total. The smallest absolute Gasteiger partial charge is 0.130 e. The molecule has 1 atom stereocenters. The number of aliphatic hydroxyl groups is 1. The zero-order chi connectivity index (χ0) is 17.5. The molecule has 5 heteroatoms. The van der Waals surface area contributed by atoms with E-state index < -0.39 is 6.10 Å². The summed E-state index contributed by atoms with van der Waals surface area (Å²) in [4.78, 5) is 8.49. The minimum atomic E-state index is -0.607. The first-order valence-electron chi connectivity index (χ1n) is 8.01. The zero-order valence-electron chi connectivity index (χ0n) is 13.6. The molecule has 0 fully saturated rings. The van der Waals surface area contributed by atoms with Gasteiger partial charge in [0.1, 0.15) is 12.1 Å². The summed E-state index contributed by atoms with van der Waals surface area (Å²) >= 11 is 0. The molecule has 0 aliphatic heterocycles. The topological polar surface area (TPSA) is 81.8 Å². The lowest BCUT2D eigenvalue weighted by Gasteiger charge is -2.13. The van der Waals surface area contributed by atoms with Crippen molar-refractivity contribution in [2.75, 3.05) is 11.9 Å². The second-order valence-electron chi connectivity index (χ2n) is 5.63. The number of nitrogens with one attached hydrogen (secondary N) is 1. The molecule has 0 saturated heterocycles. The van der Waals surface area contributed by atoms with Crippen molar-refractivity contribution in [2.24, 2.45) is 0 Å². The summed E-state index contributed by atoms with van der Waals surface area (Å²) in [6.07, 6.45) is 1.29. The highest BCUT2D eigenvalue weighted by atomic mass is 16.3. The van der Waals surface area contributed by atoms with Crippen LogP contribution in [0.4, 0.5) is 5.82 Å². The Morgan fingerprint density at radius 1 is 1.04 bits per heavy atom. The molecule has 0 saturated carbocycles. The minimum Gasteiger partial charge on any atom is -0.387 e. The lowest BCUT2D eigenvalue weighted by atomic mass is 10.1. The largest absolute Gasteiger partial charge is 0.387 e. The lowest BCUT2D eigenvalue weighted by molar-refractivity contribution is 0.191. The van der Waals surface area contributed by atoms with Gasteiger partial charge in [0.2, 0.25) is 0 Å². The predicted octanol–water partition coefficient (Wildman–Crippen LogP) is 3.36. The molecule has 0 unspecified atom stereocenters. The quantitative estimate of drug-likeness (QED) is 0.724. The van der Waals surface area contributed by atoms with Crippen molar-refractivity contribution in [2.45, 2.75) is 12.5 Å². The average Bonchev–Trinajstić information content (AvgIpc) is 2.68. The molecule has 0 aliphatic rings. The number of benzene rings is 2. The maximum absolute atomic E-state index is 10.2. The molecular formula is C20H18N4O. The molecule has 1 heterocycles. The van der Waals surface area contributed by atoms with Crippen molar-refractivity contribution in [3.05, 3.63) is 78.1 Å². The van der Waals surface area contributed by atoms with Crippen molar-refractivity contribution in [1.82, 2.24) is 9.97 Å². The van der Waals surface area contributed by atoms with Gasteiger partial charge in [-0.15, -0.1) is 0 Å². The summed E-state index contributed by atoms with van der Waals surface area (Å²) < 4.78 is 0. The summed E-state index contributed by atoms with van der Waals surface area (Å²) in [5.74, 6) is 0.654. The number of aromatic nitrogens is 2. The molecule has 5 nitrogen and oxygen atoms in total. The molecule has 124 valence electrons. The van der Waals surface area contributed by atoms with Crippen LogP contribution < -0.4 is 5.32 Å². The Kier molecular flexibility index (Phi) is 5.35. The van der Waals surface area contributed by atoms with Crippen LogP contribution in [-0.4, -0.2) is 21.6 Å². The van der Waals surface area contributed by atoms with E-state index in [2.05, 4.69) is 21.4 Å². The van der Waals surface area contributed by atoms with Gasteiger partial charge in [-0.25, -0.2) is 9.97 Å². The minimum absolute atomic E-state index is 0.363. The summed E-state index contributed by atoms with van der Waals surface area (Å²) in [6.45, 7) is 0.363. The zero-order valence-corrected chi connectivity index (χ0v) is 13.6. The number of hydrogen-bond donors (Lipinski definition) is 2. The number of anilines is 1. The third-order valence-corrected chi connectivity index (χ3v) is 3.86. The average molecular weight is 330 g/mol. The van der Waals surface area contributed by atoms with E-state index in [-0.39, 0.29) is 0 Å². The van der Waals surface area contributed by atoms with Gasteiger partial charge in [-0.2, -0.15) is 5.26 Å². The molecule has 0 bridgehead atoms. The van der Waals surface area contributed by atoms with Crippen molar-refractivity contribution in [3.8, 4) is 17.3 Å². The maximum atomic E-state index is 10.2. The first-order valence-corrected chi connectivity index (χ1v) is 8.01. The van der Waals surface area contributed by atoms with Gasteiger partial charge in [-0.05, 0) is 11.1 Å². The van der Waals surface area contributed by atoms with E-state index in [4.69, 9.17) is 5.26 Å².